The fraction of sp³-hybridized carbons (Fsp3) is 0.364. The first-order valence-corrected chi connectivity index (χ1v) is 4.92. The van der Waals surface area contributed by atoms with Crippen molar-refractivity contribution in [1.82, 2.24) is 0 Å². The van der Waals surface area contributed by atoms with E-state index in [0.717, 1.165) is 11.3 Å². The van der Waals surface area contributed by atoms with Gasteiger partial charge in [0.1, 0.15) is 6.04 Å². The Labute approximate surface area is 87.8 Å². The third-order valence-electron chi connectivity index (χ3n) is 2.72. The summed E-state index contributed by atoms with van der Waals surface area (Å²) in [5.41, 5.74) is 1.97. The van der Waals surface area contributed by atoms with Gasteiger partial charge in [0.15, 0.2) is 0 Å². The molecule has 2 N–H and O–H groups in total. The number of β-amino-alcohol motifs (C(OH)–C–C–N with tert-alkyl or cyclic N) is 1. The van der Waals surface area contributed by atoms with E-state index in [9.17, 15) is 4.79 Å². The van der Waals surface area contributed by atoms with Gasteiger partial charge in [-0.2, -0.15) is 0 Å². The predicted octanol–water partition coefficient (Wildman–Crippen LogP) is 0.495. The van der Waals surface area contributed by atoms with E-state index in [1.807, 2.05) is 24.3 Å². The van der Waals surface area contributed by atoms with E-state index in [0.29, 0.717) is 13.0 Å². The van der Waals surface area contributed by atoms with Gasteiger partial charge in [-0.3, -0.25) is 0 Å². The lowest BCUT2D eigenvalue weighted by Gasteiger charge is -2.23. The monoisotopic (exact) mass is 207 g/mol. The summed E-state index contributed by atoms with van der Waals surface area (Å²) < 4.78 is 0. The van der Waals surface area contributed by atoms with Crippen molar-refractivity contribution in [2.75, 3.05) is 18.1 Å². The van der Waals surface area contributed by atoms with Crippen LogP contribution in [0.25, 0.3) is 0 Å². The highest BCUT2D eigenvalue weighted by Crippen LogP contribution is 2.31. The summed E-state index contributed by atoms with van der Waals surface area (Å²) in [5, 5.41) is 18.0. The Balaban J connectivity index is 2.33. The second-order valence-electron chi connectivity index (χ2n) is 3.60. The van der Waals surface area contributed by atoms with Crippen LogP contribution in [0.1, 0.15) is 5.56 Å². The minimum atomic E-state index is -0.834. The molecule has 0 aliphatic carbocycles. The average Bonchev–Trinajstić information content (AvgIpc) is 2.58. The number of para-hydroxylation sites is 1. The number of carboxylic acid groups (broad SMARTS) is 1. The molecular formula is C11H13NO3. The van der Waals surface area contributed by atoms with Gasteiger partial charge in [-0.05, 0) is 11.6 Å². The summed E-state index contributed by atoms with van der Waals surface area (Å²) in [6.07, 6.45) is 0.519. The lowest BCUT2D eigenvalue weighted by Crippen LogP contribution is -2.40. The van der Waals surface area contributed by atoms with Crippen molar-refractivity contribution in [2.45, 2.75) is 12.5 Å². The van der Waals surface area contributed by atoms with Gasteiger partial charge < -0.3 is 15.1 Å². The van der Waals surface area contributed by atoms with Crippen molar-refractivity contribution in [3.05, 3.63) is 29.8 Å². The van der Waals surface area contributed by atoms with Crippen LogP contribution in [0.4, 0.5) is 5.69 Å². The third-order valence-corrected chi connectivity index (χ3v) is 2.72. The van der Waals surface area contributed by atoms with Crippen molar-refractivity contribution in [3.63, 3.8) is 0 Å². The van der Waals surface area contributed by atoms with Crippen LogP contribution < -0.4 is 4.90 Å². The lowest BCUT2D eigenvalue weighted by atomic mass is 10.1. The first kappa shape index (κ1) is 9.98. The number of hydrogen-bond acceptors (Lipinski definition) is 3. The van der Waals surface area contributed by atoms with Gasteiger partial charge in [-0.15, -0.1) is 0 Å². The number of hydrogen-bond donors (Lipinski definition) is 2. The Kier molecular flexibility index (Phi) is 2.60. The summed E-state index contributed by atoms with van der Waals surface area (Å²) in [6, 6.07) is 7.08. The molecule has 4 heteroatoms. The first-order chi connectivity index (χ1) is 7.24. The van der Waals surface area contributed by atoms with E-state index in [2.05, 4.69) is 0 Å². The van der Waals surface area contributed by atoms with E-state index in [1.165, 1.54) is 0 Å². The fourth-order valence-corrected chi connectivity index (χ4v) is 2.05. The molecule has 0 radical (unpaired) electrons. The summed E-state index contributed by atoms with van der Waals surface area (Å²) >= 11 is 0. The molecule has 1 aromatic carbocycles. The smallest absolute Gasteiger partial charge is 0.326 e. The van der Waals surface area contributed by atoms with Crippen LogP contribution in [0, 0.1) is 0 Å². The van der Waals surface area contributed by atoms with E-state index < -0.39 is 12.0 Å². The summed E-state index contributed by atoms with van der Waals surface area (Å²) in [5.74, 6) is -0.834. The van der Waals surface area contributed by atoms with E-state index >= 15 is 0 Å². The second kappa shape index (κ2) is 3.90. The maximum absolute atomic E-state index is 11.0. The number of benzene rings is 1. The molecule has 80 valence electrons. The molecule has 1 aromatic rings. The molecule has 0 fully saturated rings. The van der Waals surface area contributed by atoms with Crippen LogP contribution in [0.15, 0.2) is 24.3 Å². The van der Waals surface area contributed by atoms with Gasteiger partial charge in [-0.1, -0.05) is 18.2 Å². The molecular weight excluding hydrogens is 194 g/mol. The van der Waals surface area contributed by atoms with Crippen molar-refractivity contribution in [1.29, 1.82) is 0 Å². The molecule has 0 bridgehead atoms. The average molecular weight is 207 g/mol. The molecule has 1 aliphatic rings. The summed E-state index contributed by atoms with van der Waals surface area (Å²) in [4.78, 5) is 12.8. The Bertz CT molecular complexity index is 378. The van der Waals surface area contributed by atoms with Crippen molar-refractivity contribution < 1.29 is 15.0 Å². The Hall–Kier alpha value is -1.55. The van der Waals surface area contributed by atoms with Crippen LogP contribution in [0.5, 0.6) is 0 Å². The van der Waals surface area contributed by atoms with Gasteiger partial charge in [0.25, 0.3) is 0 Å². The minimum Gasteiger partial charge on any atom is -0.480 e. The fourth-order valence-electron chi connectivity index (χ4n) is 2.05. The second-order valence-corrected chi connectivity index (χ2v) is 3.60. The molecule has 0 aromatic heterocycles. The molecule has 4 nitrogen and oxygen atoms in total. The largest absolute Gasteiger partial charge is 0.480 e. The minimum absolute atomic E-state index is 0.0296. The van der Waals surface area contributed by atoms with Gasteiger partial charge in [0.05, 0.1) is 6.61 Å². The standard InChI is InChI=1S/C11H13NO3/c13-6-5-12-9-4-2-1-3-8(9)7-10(12)11(14)15/h1-4,10,13H,5-7H2,(H,14,15). The van der Waals surface area contributed by atoms with E-state index in [4.69, 9.17) is 10.2 Å². The molecule has 1 atom stereocenters. The molecule has 0 saturated carbocycles. The van der Waals surface area contributed by atoms with Gasteiger partial charge >= 0.3 is 5.97 Å². The number of aliphatic hydroxyl groups excluding tert-OH is 1. The lowest BCUT2D eigenvalue weighted by molar-refractivity contribution is -0.138. The number of anilines is 1. The normalized spacial score (nSPS) is 19.0. The van der Waals surface area contributed by atoms with E-state index in [1.54, 1.807) is 4.90 Å². The van der Waals surface area contributed by atoms with E-state index in [-0.39, 0.29) is 6.61 Å². The highest BCUT2D eigenvalue weighted by atomic mass is 16.4. The third kappa shape index (κ3) is 1.68. The molecule has 1 heterocycles. The van der Waals surface area contributed by atoms with Gasteiger partial charge in [-0.25, -0.2) is 4.79 Å². The zero-order chi connectivity index (χ0) is 10.8. The molecule has 2 rings (SSSR count). The quantitative estimate of drug-likeness (QED) is 0.757. The summed E-state index contributed by atoms with van der Waals surface area (Å²) in [7, 11) is 0. The highest BCUT2D eigenvalue weighted by molar-refractivity contribution is 5.82. The van der Waals surface area contributed by atoms with Gasteiger partial charge in [0.2, 0.25) is 0 Å². The first-order valence-electron chi connectivity index (χ1n) is 4.92. The number of carboxylic acids is 1. The molecule has 15 heavy (non-hydrogen) atoms. The molecule has 0 spiro atoms. The number of nitrogens with zero attached hydrogens (tertiary/aromatic N) is 1. The number of rotatable bonds is 3. The maximum atomic E-state index is 11.0. The predicted molar refractivity (Wildman–Crippen MR) is 56.0 cm³/mol. The van der Waals surface area contributed by atoms with Crippen molar-refractivity contribution in [3.8, 4) is 0 Å². The zero-order valence-electron chi connectivity index (χ0n) is 8.26. The molecule has 0 saturated heterocycles. The molecule has 1 unspecified atom stereocenters. The highest BCUT2D eigenvalue weighted by Gasteiger charge is 2.33. The number of fused-ring (bicyclic) bond motifs is 1. The SMILES string of the molecule is O=C(O)C1Cc2ccccc2N1CCO. The van der Waals surface area contributed by atoms with Crippen LogP contribution in [0.2, 0.25) is 0 Å². The van der Waals surface area contributed by atoms with Crippen LogP contribution in [0.3, 0.4) is 0 Å². The van der Waals surface area contributed by atoms with Crippen LogP contribution in [-0.4, -0.2) is 35.4 Å². The van der Waals surface area contributed by atoms with Crippen LogP contribution in [-0.2, 0) is 11.2 Å². The van der Waals surface area contributed by atoms with Crippen molar-refractivity contribution in [2.24, 2.45) is 0 Å². The number of carbonyl (C=O) groups is 1. The molecule has 1 aliphatic heterocycles. The maximum Gasteiger partial charge on any atom is 0.326 e. The molecule has 0 amide bonds. The Morgan fingerprint density at radius 2 is 2.20 bits per heavy atom. The Morgan fingerprint density at radius 3 is 2.87 bits per heavy atom. The zero-order valence-corrected chi connectivity index (χ0v) is 8.26. The van der Waals surface area contributed by atoms with Crippen molar-refractivity contribution >= 4 is 11.7 Å². The Morgan fingerprint density at radius 1 is 1.47 bits per heavy atom. The summed E-state index contributed by atoms with van der Waals surface area (Å²) in [6.45, 7) is 0.339. The number of aliphatic carboxylic acids is 1. The number of aliphatic hydroxyl groups is 1. The van der Waals surface area contributed by atoms with Gasteiger partial charge in [0, 0.05) is 18.7 Å². The topological polar surface area (TPSA) is 60.8 Å². The van der Waals surface area contributed by atoms with Crippen LogP contribution >= 0.6 is 0 Å².